The molecule has 2 heterocycles. The lowest BCUT2D eigenvalue weighted by Crippen LogP contribution is -2.49. The molecule has 31 heavy (non-hydrogen) atoms. The van der Waals surface area contributed by atoms with E-state index in [1.807, 2.05) is 0 Å². The molecule has 8 heteroatoms. The molecule has 0 aliphatic carbocycles. The highest BCUT2D eigenvalue weighted by Crippen LogP contribution is 2.29. The summed E-state index contributed by atoms with van der Waals surface area (Å²) in [5, 5.41) is 5.67. The van der Waals surface area contributed by atoms with Gasteiger partial charge in [-0.1, -0.05) is 31.9 Å². The molecule has 4 amide bonds. The van der Waals surface area contributed by atoms with Crippen LogP contribution >= 0.6 is 0 Å². The van der Waals surface area contributed by atoms with E-state index in [-0.39, 0.29) is 12.5 Å². The van der Waals surface area contributed by atoms with Gasteiger partial charge in [0.15, 0.2) is 0 Å². The second-order valence-electron chi connectivity index (χ2n) is 8.52. The lowest BCUT2D eigenvalue weighted by atomic mass is 9.92. The Labute approximate surface area is 184 Å². The zero-order valence-electron chi connectivity index (χ0n) is 18.8. The van der Waals surface area contributed by atoms with Crippen LogP contribution in [0.5, 0.6) is 5.75 Å². The van der Waals surface area contributed by atoms with Crippen LogP contribution in [0.25, 0.3) is 0 Å². The first-order chi connectivity index (χ1) is 14.9. The van der Waals surface area contributed by atoms with Crippen LogP contribution in [0.2, 0.25) is 0 Å². The van der Waals surface area contributed by atoms with Gasteiger partial charge >= 0.3 is 6.03 Å². The lowest BCUT2D eigenvalue weighted by Gasteiger charge is -2.35. The first-order valence-electron chi connectivity index (χ1n) is 11.2. The fraction of sp³-hybridized carbons (Fsp3) is 0.609. The second kappa shape index (κ2) is 10.1. The quantitative estimate of drug-likeness (QED) is 0.587. The average molecular weight is 431 g/mol. The summed E-state index contributed by atoms with van der Waals surface area (Å²) in [4.78, 5) is 41.5. The lowest BCUT2D eigenvalue weighted by molar-refractivity contribution is -0.134. The smallest absolute Gasteiger partial charge is 0.325 e. The number of carbonyl (C=O) groups excluding carboxylic acids is 3. The molecule has 2 aliphatic rings. The van der Waals surface area contributed by atoms with Crippen molar-refractivity contribution in [1.82, 2.24) is 20.4 Å². The van der Waals surface area contributed by atoms with Crippen molar-refractivity contribution in [3.63, 3.8) is 0 Å². The van der Waals surface area contributed by atoms with Crippen molar-refractivity contribution in [1.29, 1.82) is 0 Å². The molecule has 0 aromatic heterocycles. The summed E-state index contributed by atoms with van der Waals surface area (Å²) in [5.41, 5.74) is -0.562. The number of methoxy groups -OCH3 is 1. The van der Waals surface area contributed by atoms with Gasteiger partial charge in [0.1, 0.15) is 17.8 Å². The monoisotopic (exact) mass is 430 g/mol. The van der Waals surface area contributed by atoms with Crippen molar-refractivity contribution in [2.24, 2.45) is 0 Å². The highest BCUT2D eigenvalue weighted by atomic mass is 16.5. The van der Waals surface area contributed by atoms with Crippen molar-refractivity contribution >= 4 is 17.8 Å². The molecule has 170 valence electrons. The van der Waals surface area contributed by atoms with E-state index in [9.17, 15) is 14.4 Å². The molecule has 1 aromatic rings. The SMILES string of the molecule is CCCCN1CCCCC1CNC(=O)CN1C(=O)NC(C)(c2ccc(OC)cc2)C1=O. The van der Waals surface area contributed by atoms with E-state index in [1.165, 1.54) is 6.42 Å². The Morgan fingerprint density at radius 3 is 2.68 bits per heavy atom. The van der Waals surface area contributed by atoms with Gasteiger partial charge in [0.25, 0.3) is 5.91 Å². The first-order valence-corrected chi connectivity index (χ1v) is 11.2. The molecule has 3 rings (SSSR count). The minimum atomic E-state index is -1.20. The van der Waals surface area contributed by atoms with E-state index in [4.69, 9.17) is 4.74 Å². The number of hydrogen-bond acceptors (Lipinski definition) is 5. The molecule has 2 aliphatic heterocycles. The molecular formula is C23H34N4O4. The maximum absolute atomic E-state index is 13.0. The van der Waals surface area contributed by atoms with Gasteiger partial charge < -0.3 is 15.4 Å². The van der Waals surface area contributed by atoms with Crippen molar-refractivity contribution in [3.8, 4) is 5.75 Å². The minimum Gasteiger partial charge on any atom is -0.497 e. The van der Waals surface area contributed by atoms with E-state index in [1.54, 1.807) is 38.3 Å². The molecule has 2 saturated heterocycles. The Kier molecular flexibility index (Phi) is 7.54. The van der Waals surface area contributed by atoms with Crippen LogP contribution in [0.15, 0.2) is 24.3 Å². The Morgan fingerprint density at radius 2 is 2.00 bits per heavy atom. The highest BCUT2D eigenvalue weighted by Gasteiger charge is 2.49. The summed E-state index contributed by atoms with van der Waals surface area (Å²) in [6.07, 6.45) is 5.71. The van der Waals surface area contributed by atoms with E-state index in [2.05, 4.69) is 22.5 Å². The van der Waals surface area contributed by atoms with Crippen LogP contribution in [0, 0.1) is 0 Å². The number of unbranched alkanes of at least 4 members (excludes halogenated alkanes) is 1. The number of piperidine rings is 1. The van der Waals surface area contributed by atoms with Crippen LogP contribution in [-0.2, 0) is 15.1 Å². The van der Waals surface area contributed by atoms with Gasteiger partial charge in [-0.05, 0) is 57.0 Å². The average Bonchev–Trinajstić information content (AvgIpc) is 3.00. The molecule has 0 radical (unpaired) electrons. The third-order valence-electron chi connectivity index (χ3n) is 6.33. The normalized spacial score (nSPS) is 24.2. The summed E-state index contributed by atoms with van der Waals surface area (Å²) in [6.45, 7) is 6.21. The molecule has 0 bridgehead atoms. The molecule has 2 atom stereocenters. The van der Waals surface area contributed by atoms with Crippen molar-refractivity contribution in [2.45, 2.75) is 57.5 Å². The molecule has 0 saturated carbocycles. The number of hydrogen-bond donors (Lipinski definition) is 2. The van der Waals surface area contributed by atoms with Gasteiger partial charge in [-0.2, -0.15) is 0 Å². The topological polar surface area (TPSA) is 91.0 Å². The fourth-order valence-corrected chi connectivity index (χ4v) is 4.34. The number of rotatable bonds is 9. The first kappa shape index (κ1) is 23.1. The van der Waals surface area contributed by atoms with Crippen LogP contribution in [0.3, 0.4) is 0 Å². The number of imide groups is 1. The number of amides is 4. The van der Waals surface area contributed by atoms with Crippen LogP contribution in [-0.4, -0.2) is 67.0 Å². The van der Waals surface area contributed by atoms with E-state index in [0.717, 1.165) is 43.7 Å². The van der Waals surface area contributed by atoms with Crippen LogP contribution < -0.4 is 15.4 Å². The Bertz CT molecular complexity index is 797. The third-order valence-corrected chi connectivity index (χ3v) is 6.33. The molecule has 2 N–H and O–H groups in total. The van der Waals surface area contributed by atoms with Crippen LogP contribution in [0.4, 0.5) is 4.79 Å². The third kappa shape index (κ3) is 5.18. The Balaban J connectivity index is 1.58. The zero-order valence-corrected chi connectivity index (χ0v) is 18.8. The molecule has 0 spiro atoms. The molecular weight excluding hydrogens is 396 g/mol. The van der Waals surface area contributed by atoms with E-state index in [0.29, 0.717) is 23.9 Å². The predicted molar refractivity (Wildman–Crippen MR) is 118 cm³/mol. The van der Waals surface area contributed by atoms with Crippen LogP contribution in [0.1, 0.15) is 51.5 Å². The van der Waals surface area contributed by atoms with Gasteiger partial charge in [-0.3, -0.25) is 19.4 Å². The minimum absolute atomic E-state index is 0.280. The maximum atomic E-state index is 13.0. The van der Waals surface area contributed by atoms with Crippen molar-refractivity contribution in [3.05, 3.63) is 29.8 Å². The molecule has 2 unspecified atom stereocenters. The number of urea groups is 1. The summed E-state index contributed by atoms with van der Waals surface area (Å²) in [7, 11) is 1.57. The summed E-state index contributed by atoms with van der Waals surface area (Å²) in [6, 6.07) is 6.73. The second-order valence-corrected chi connectivity index (χ2v) is 8.52. The number of benzene rings is 1. The number of ether oxygens (including phenoxy) is 1. The predicted octanol–water partition coefficient (Wildman–Crippen LogP) is 2.23. The van der Waals surface area contributed by atoms with Gasteiger partial charge in [0.2, 0.25) is 5.91 Å². The fourth-order valence-electron chi connectivity index (χ4n) is 4.34. The van der Waals surface area contributed by atoms with Gasteiger partial charge in [-0.25, -0.2) is 4.79 Å². The van der Waals surface area contributed by atoms with Crippen molar-refractivity contribution in [2.75, 3.05) is 33.3 Å². The highest BCUT2D eigenvalue weighted by molar-refractivity contribution is 6.09. The number of likely N-dealkylation sites (tertiary alicyclic amines) is 1. The zero-order chi connectivity index (χ0) is 22.4. The maximum Gasteiger partial charge on any atom is 0.325 e. The number of carbonyl (C=O) groups is 3. The summed E-state index contributed by atoms with van der Waals surface area (Å²) < 4.78 is 5.15. The van der Waals surface area contributed by atoms with Crippen molar-refractivity contribution < 1.29 is 19.1 Å². The summed E-state index contributed by atoms with van der Waals surface area (Å²) >= 11 is 0. The Hall–Kier alpha value is -2.61. The number of nitrogens with one attached hydrogen (secondary N) is 2. The van der Waals surface area contributed by atoms with Gasteiger partial charge in [0, 0.05) is 12.6 Å². The summed E-state index contributed by atoms with van der Waals surface area (Å²) in [5.74, 6) is -0.0837. The van der Waals surface area contributed by atoms with Gasteiger partial charge in [-0.15, -0.1) is 0 Å². The number of nitrogens with zero attached hydrogens (tertiary/aromatic N) is 2. The molecule has 1 aromatic carbocycles. The Morgan fingerprint density at radius 1 is 1.26 bits per heavy atom. The van der Waals surface area contributed by atoms with Gasteiger partial charge in [0.05, 0.1) is 7.11 Å². The van der Waals surface area contributed by atoms with E-state index >= 15 is 0 Å². The van der Waals surface area contributed by atoms with E-state index < -0.39 is 17.5 Å². The molecule has 8 nitrogen and oxygen atoms in total. The largest absolute Gasteiger partial charge is 0.497 e. The molecule has 2 fully saturated rings. The standard InChI is InChI=1S/C23H34N4O4/c1-4-5-13-26-14-7-6-8-18(26)15-24-20(28)16-27-21(29)23(2,25-22(27)30)17-9-11-19(31-3)12-10-17/h9-12,18H,4-8,13-16H2,1-3H3,(H,24,28)(H,25,30).